The predicted molar refractivity (Wildman–Crippen MR) is 62.3 cm³/mol. The molecule has 17 heavy (non-hydrogen) atoms. The van der Waals surface area contributed by atoms with Crippen LogP contribution in [0.5, 0.6) is 11.5 Å². The summed E-state index contributed by atoms with van der Waals surface area (Å²) in [5.41, 5.74) is 0.411. The Labute approximate surface area is 101 Å². The number of rotatable bonds is 4. The number of benzene rings is 1. The first-order valence-corrected chi connectivity index (χ1v) is 5.56. The van der Waals surface area contributed by atoms with Gasteiger partial charge in [-0.3, -0.25) is 0 Å². The molecule has 0 bridgehead atoms. The molecule has 1 aromatic rings. The number of hydrogen-bond acceptors (Lipinski definition) is 4. The summed E-state index contributed by atoms with van der Waals surface area (Å²) in [5, 5.41) is 9.24. The fourth-order valence-electron chi connectivity index (χ4n) is 1.84. The molecule has 0 spiro atoms. The van der Waals surface area contributed by atoms with E-state index in [1.165, 1.54) is 0 Å². The molecule has 90 valence electrons. The molecule has 0 amide bonds. The molecule has 4 nitrogen and oxygen atoms in total. The fraction of sp³-hybridized carbons (Fsp3) is 0.462. The van der Waals surface area contributed by atoms with E-state index in [1.54, 1.807) is 7.11 Å². The second-order valence-electron chi connectivity index (χ2n) is 3.99. The first-order valence-electron chi connectivity index (χ1n) is 5.56. The third kappa shape index (κ3) is 1.94. The second-order valence-corrected chi connectivity index (χ2v) is 3.99. The van der Waals surface area contributed by atoms with Crippen molar-refractivity contribution in [2.24, 2.45) is 0 Å². The van der Waals surface area contributed by atoms with Gasteiger partial charge in [0.2, 0.25) is 0 Å². The number of methoxy groups -OCH3 is 1. The molecule has 1 saturated heterocycles. The number of hydrogen-bond donors (Lipinski definition) is 0. The van der Waals surface area contributed by atoms with Gasteiger partial charge < -0.3 is 14.2 Å². The van der Waals surface area contributed by atoms with Crippen LogP contribution in [0.3, 0.4) is 0 Å². The maximum atomic E-state index is 9.24. The van der Waals surface area contributed by atoms with Gasteiger partial charge in [-0.05, 0) is 24.6 Å². The highest BCUT2D eigenvalue weighted by atomic mass is 16.5. The minimum Gasteiger partial charge on any atom is -0.493 e. The highest BCUT2D eigenvalue weighted by Crippen LogP contribution is 2.37. The molecular formula is C13H15NO3. The Morgan fingerprint density at radius 1 is 1.41 bits per heavy atom. The Morgan fingerprint density at radius 2 is 2.18 bits per heavy atom. The molecule has 0 aliphatic carbocycles. The second kappa shape index (κ2) is 4.64. The summed E-state index contributed by atoms with van der Waals surface area (Å²) in [5.74, 6) is 1.36. The lowest BCUT2D eigenvalue weighted by Gasteiger charge is -2.35. The average Bonchev–Trinajstić information content (AvgIpc) is 2.29. The lowest BCUT2D eigenvalue weighted by atomic mass is 9.80. The van der Waals surface area contributed by atoms with Crippen LogP contribution in [0.2, 0.25) is 0 Å². The highest BCUT2D eigenvalue weighted by molar-refractivity contribution is 5.48. The standard InChI is InChI=1S/C13H15NO3/c1-3-17-12-6-10(4-5-11(12)15-2)13(7-14)8-16-9-13/h4-6H,3,8-9H2,1-2H3. The van der Waals surface area contributed by atoms with Gasteiger partial charge in [0.1, 0.15) is 5.41 Å². The zero-order valence-electron chi connectivity index (χ0n) is 10.0. The van der Waals surface area contributed by atoms with Crippen LogP contribution in [0, 0.1) is 11.3 Å². The third-order valence-electron chi connectivity index (χ3n) is 2.93. The van der Waals surface area contributed by atoms with Crippen LogP contribution in [0.25, 0.3) is 0 Å². The molecule has 0 unspecified atom stereocenters. The zero-order chi connectivity index (χ0) is 12.3. The summed E-state index contributed by atoms with van der Waals surface area (Å²) < 4.78 is 15.9. The number of ether oxygens (including phenoxy) is 3. The SMILES string of the molecule is CCOc1cc(C2(C#N)COC2)ccc1OC. The van der Waals surface area contributed by atoms with Gasteiger partial charge in [-0.1, -0.05) is 6.07 Å². The molecule has 0 N–H and O–H groups in total. The van der Waals surface area contributed by atoms with Crippen LogP contribution in [-0.4, -0.2) is 26.9 Å². The Kier molecular flexibility index (Phi) is 3.21. The van der Waals surface area contributed by atoms with Crippen LogP contribution in [0.4, 0.5) is 0 Å². The van der Waals surface area contributed by atoms with Gasteiger partial charge in [-0.15, -0.1) is 0 Å². The van der Waals surface area contributed by atoms with Crippen molar-refractivity contribution in [2.75, 3.05) is 26.9 Å². The van der Waals surface area contributed by atoms with Crippen LogP contribution in [0.15, 0.2) is 18.2 Å². The molecule has 0 atom stereocenters. The summed E-state index contributed by atoms with van der Waals surface area (Å²) in [7, 11) is 1.60. The van der Waals surface area contributed by atoms with Gasteiger partial charge in [0.25, 0.3) is 0 Å². The van der Waals surface area contributed by atoms with Crippen molar-refractivity contribution >= 4 is 0 Å². The van der Waals surface area contributed by atoms with Crippen LogP contribution in [-0.2, 0) is 10.2 Å². The Morgan fingerprint density at radius 3 is 2.65 bits per heavy atom. The molecule has 1 aliphatic heterocycles. The van der Waals surface area contributed by atoms with E-state index in [4.69, 9.17) is 14.2 Å². The predicted octanol–water partition coefficient (Wildman–Crippen LogP) is 1.89. The zero-order valence-corrected chi connectivity index (χ0v) is 10.0. The van der Waals surface area contributed by atoms with Crippen molar-refractivity contribution in [3.05, 3.63) is 23.8 Å². The van der Waals surface area contributed by atoms with Gasteiger partial charge in [-0.25, -0.2) is 0 Å². The molecule has 4 heteroatoms. The van der Waals surface area contributed by atoms with E-state index >= 15 is 0 Å². The monoisotopic (exact) mass is 233 g/mol. The van der Waals surface area contributed by atoms with E-state index < -0.39 is 5.41 Å². The minimum atomic E-state index is -0.516. The Hall–Kier alpha value is -1.73. The topological polar surface area (TPSA) is 51.5 Å². The number of nitriles is 1. The van der Waals surface area contributed by atoms with Crippen molar-refractivity contribution in [1.29, 1.82) is 5.26 Å². The first kappa shape index (κ1) is 11.7. The minimum absolute atomic E-state index is 0.446. The van der Waals surface area contributed by atoms with Gasteiger partial charge in [0.05, 0.1) is 33.0 Å². The molecule has 2 rings (SSSR count). The Balaban J connectivity index is 2.37. The molecular weight excluding hydrogens is 218 g/mol. The van der Waals surface area contributed by atoms with Crippen molar-refractivity contribution < 1.29 is 14.2 Å². The Bertz CT molecular complexity index is 446. The summed E-state index contributed by atoms with van der Waals surface area (Å²) in [6.07, 6.45) is 0. The molecule has 0 aromatic heterocycles. The lowest BCUT2D eigenvalue weighted by Crippen LogP contribution is -2.45. The van der Waals surface area contributed by atoms with Crippen molar-refractivity contribution in [3.8, 4) is 17.6 Å². The first-order chi connectivity index (χ1) is 8.25. The van der Waals surface area contributed by atoms with Gasteiger partial charge >= 0.3 is 0 Å². The largest absolute Gasteiger partial charge is 0.493 e. The maximum absolute atomic E-state index is 9.24. The lowest BCUT2D eigenvalue weighted by molar-refractivity contribution is -0.0299. The van der Waals surface area contributed by atoms with E-state index in [1.807, 2.05) is 25.1 Å². The molecule has 1 heterocycles. The van der Waals surface area contributed by atoms with Crippen LogP contribution in [0.1, 0.15) is 12.5 Å². The molecule has 0 saturated carbocycles. The smallest absolute Gasteiger partial charge is 0.161 e. The maximum Gasteiger partial charge on any atom is 0.161 e. The van der Waals surface area contributed by atoms with Crippen molar-refractivity contribution in [1.82, 2.24) is 0 Å². The van der Waals surface area contributed by atoms with Gasteiger partial charge in [-0.2, -0.15) is 5.26 Å². The quantitative estimate of drug-likeness (QED) is 0.796. The molecule has 0 radical (unpaired) electrons. The highest BCUT2D eigenvalue weighted by Gasteiger charge is 2.41. The van der Waals surface area contributed by atoms with E-state index in [-0.39, 0.29) is 0 Å². The molecule has 1 fully saturated rings. The van der Waals surface area contributed by atoms with Crippen molar-refractivity contribution in [3.63, 3.8) is 0 Å². The van der Waals surface area contributed by atoms with Crippen LogP contribution < -0.4 is 9.47 Å². The van der Waals surface area contributed by atoms with E-state index in [0.29, 0.717) is 31.3 Å². The molecule has 1 aliphatic rings. The van der Waals surface area contributed by atoms with E-state index in [2.05, 4.69) is 6.07 Å². The normalized spacial score (nSPS) is 16.8. The van der Waals surface area contributed by atoms with Crippen LogP contribution >= 0.6 is 0 Å². The summed E-state index contributed by atoms with van der Waals surface area (Å²) >= 11 is 0. The fourth-order valence-corrected chi connectivity index (χ4v) is 1.84. The van der Waals surface area contributed by atoms with E-state index in [9.17, 15) is 5.26 Å². The van der Waals surface area contributed by atoms with Crippen molar-refractivity contribution in [2.45, 2.75) is 12.3 Å². The van der Waals surface area contributed by atoms with Gasteiger partial charge in [0, 0.05) is 0 Å². The van der Waals surface area contributed by atoms with Gasteiger partial charge in [0.15, 0.2) is 11.5 Å². The summed E-state index contributed by atoms with van der Waals surface area (Å²) in [4.78, 5) is 0. The van der Waals surface area contributed by atoms with E-state index in [0.717, 1.165) is 5.56 Å². The molecule has 1 aromatic carbocycles. The third-order valence-corrected chi connectivity index (χ3v) is 2.93. The average molecular weight is 233 g/mol. The summed E-state index contributed by atoms with van der Waals surface area (Å²) in [6, 6.07) is 7.91. The summed E-state index contributed by atoms with van der Waals surface area (Å²) in [6.45, 7) is 3.37. The number of nitrogens with zero attached hydrogens (tertiary/aromatic N) is 1.